The molecule has 0 radical (unpaired) electrons. The van der Waals surface area contributed by atoms with Gasteiger partial charge in [0.1, 0.15) is 0 Å². The van der Waals surface area contributed by atoms with E-state index in [0.717, 1.165) is 6.42 Å². The second-order valence-electron chi connectivity index (χ2n) is 2.73. The molecule has 0 bridgehead atoms. The first-order valence-electron chi connectivity index (χ1n) is 4.59. The summed E-state index contributed by atoms with van der Waals surface area (Å²) in [6.07, 6.45) is 1.43. The standard InChI is InChI=1S/C9H7O.C5H.Fe/c1-2-5-9(10)8-6-3-4-7-8;1-2-4-5-3-1;/h2,5H2,1H3;1H;/q2*-5;+2. The van der Waals surface area contributed by atoms with E-state index in [4.69, 9.17) is 0 Å². The van der Waals surface area contributed by atoms with Crippen LogP contribution >= 0.6 is 0 Å². The molecule has 0 amide bonds. The predicted molar refractivity (Wildman–Crippen MR) is 54.0 cm³/mol. The summed E-state index contributed by atoms with van der Waals surface area (Å²) in [7, 11) is 0. The average Bonchev–Trinajstić information content (AvgIpc) is 2.95. The molecule has 86 valence electrons. The van der Waals surface area contributed by atoms with Crippen molar-refractivity contribution >= 4 is 5.78 Å². The Bertz CT molecular complexity index is 329. The van der Waals surface area contributed by atoms with Crippen molar-refractivity contribution in [2.75, 3.05) is 0 Å². The Morgan fingerprint density at radius 2 is 1.69 bits per heavy atom. The summed E-state index contributed by atoms with van der Waals surface area (Å²) in [5, 5.41) is 0. The summed E-state index contributed by atoms with van der Waals surface area (Å²) in [5.74, 6) is 0.0833. The van der Waals surface area contributed by atoms with E-state index in [2.05, 4.69) is 48.5 Å². The zero-order valence-electron chi connectivity index (χ0n) is 8.75. The van der Waals surface area contributed by atoms with Gasteiger partial charge in [-0.3, -0.25) is 5.78 Å². The number of carbonyl (C=O) groups excluding carboxylic acids is 1. The second-order valence-corrected chi connectivity index (χ2v) is 2.73. The van der Waals surface area contributed by atoms with Gasteiger partial charge < -0.3 is 65.0 Å². The number of Topliss-reactive ketones (excluding diaryl/α,β-unsaturated/α-hetero) is 1. The first-order chi connectivity index (χ1) is 7.34. The van der Waals surface area contributed by atoms with E-state index in [9.17, 15) is 4.79 Å². The monoisotopic (exact) mass is 248 g/mol. The summed E-state index contributed by atoms with van der Waals surface area (Å²) in [6, 6.07) is 22.4. The van der Waals surface area contributed by atoms with E-state index in [1.54, 1.807) is 6.07 Å². The molecule has 0 unspecified atom stereocenters. The Hall–Kier alpha value is -1.11. The number of hydrogen-bond donors (Lipinski definition) is 0. The van der Waals surface area contributed by atoms with Crippen LogP contribution in [0, 0.1) is 48.5 Å². The molecule has 2 rings (SSSR count). The maximum Gasteiger partial charge on any atom is 2.00 e. The summed E-state index contributed by atoms with van der Waals surface area (Å²) < 4.78 is 0. The Morgan fingerprint density at radius 3 is 2.06 bits per heavy atom. The zero-order valence-corrected chi connectivity index (χ0v) is 9.86. The molecule has 0 heterocycles. The van der Waals surface area contributed by atoms with Crippen LogP contribution < -0.4 is 0 Å². The Labute approximate surface area is 108 Å². The van der Waals surface area contributed by atoms with Gasteiger partial charge in [0.2, 0.25) is 0 Å². The minimum Gasteiger partial charge on any atom is -0.999 e. The Kier molecular flexibility index (Phi) is 8.51. The fraction of sp³-hybridized carbons (Fsp3) is 0.214. The Balaban J connectivity index is 0.000000318. The molecule has 2 heteroatoms. The average molecular weight is 248 g/mol. The van der Waals surface area contributed by atoms with Crippen LogP contribution in [0.5, 0.6) is 0 Å². The van der Waals surface area contributed by atoms with E-state index >= 15 is 0 Å². The third-order valence-electron chi connectivity index (χ3n) is 1.54. The van der Waals surface area contributed by atoms with Gasteiger partial charge in [0.05, 0.1) is 0 Å². The number of ketones is 1. The minimum atomic E-state index is 0. The van der Waals surface area contributed by atoms with Gasteiger partial charge in [0.25, 0.3) is 0 Å². The molecular formula is C14H8FeO-8. The van der Waals surface area contributed by atoms with Crippen molar-refractivity contribution in [1.29, 1.82) is 0 Å². The molecule has 0 atom stereocenters. The van der Waals surface area contributed by atoms with Crippen molar-refractivity contribution in [2.24, 2.45) is 0 Å². The van der Waals surface area contributed by atoms with Gasteiger partial charge in [0, 0.05) is 0 Å². The molecule has 0 fully saturated rings. The van der Waals surface area contributed by atoms with Crippen molar-refractivity contribution in [3.8, 4) is 0 Å². The zero-order chi connectivity index (χ0) is 10.9. The van der Waals surface area contributed by atoms with Crippen LogP contribution in [0.2, 0.25) is 0 Å². The topological polar surface area (TPSA) is 17.1 Å². The molecule has 16 heavy (non-hydrogen) atoms. The number of rotatable bonds is 3. The number of hydrogen-bond acceptors (Lipinski definition) is 1. The summed E-state index contributed by atoms with van der Waals surface area (Å²) in [4.78, 5) is 11.0. The molecule has 2 aromatic carbocycles. The van der Waals surface area contributed by atoms with E-state index < -0.39 is 0 Å². The molecule has 0 aliphatic carbocycles. The van der Waals surface area contributed by atoms with Gasteiger partial charge in [-0.15, -0.1) is 6.42 Å². The fourth-order valence-electron chi connectivity index (χ4n) is 0.891. The molecule has 0 N–H and O–H groups in total. The molecular weight excluding hydrogens is 240 g/mol. The minimum absolute atomic E-state index is 0. The first kappa shape index (κ1) is 14.9. The molecule has 0 aromatic heterocycles. The van der Waals surface area contributed by atoms with Crippen molar-refractivity contribution in [3.05, 3.63) is 60.2 Å². The SMILES string of the molecule is CCCC(=O)[c-]1[c-][c-][c-][c-]1.[Fe+2].[c-]1[c-][c-][cH-][c-]1. The second kappa shape index (κ2) is 9.14. The van der Waals surface area contributed by atoms with E-state index in [1.165, 1.54) is 0 Å². The molecule has 0 aliphatic heterocycles. The summed E-state index contributed by atoms with van der Waals surface area (Å²) >= 11 is 0. The molecule has 0 spiro atoms. The smallest absolute Gasteiger partial charge is 0.999 e. The van der Waals surface area contributed by atoms with Crippen LogP contribution in [-0.4, -0.2) is 5.78 Å². The van der Waals surface area contributed by atoms with Crippen LogP contribution in [0.3, 0.4) is 0 Å². The van der Waals surface area contributed by atoms with Crippen LogP contribution in [0.1, 0.15) is 30.1 Å². The van der Waals surface area contributed by atoms with Crippen LogP contribution in [0.25, 0.3) is 0 Å². The van der Waals surface area contributed by atoms with Crippen molar-refractivity contribution < 1.29 is 21.9 Å². The molecule has 1 nitrogen and oxygen atoms in total. The molecule has 0 saturated heterocycles. The van der Waals surface area contributed by atoms with Gasteiger partial charge in [-0.2, -0.15) is 0 Å². The quantitative estimate of drug-likeness (QED) is 0.462. The first-order valence-corrected chi connectivity index (χ1v) is 4.59. The third kappa shape index (κ3) is 5.69. The van der Waals surface area contributed by atoms with Gasteiger partial charge in [0.15, 0.2) is 0 Å². The largest absolute Gasteiger partial charge is 2.00 e. The maximum atomic E-state index is 11.0. The Morgan fingerprint density at radius 1 is 1.12 bits per heavy atom. The molecule has 0 aliphatic rings. The van der Waals surface area contributed by atoms with Gasteiger partial charge in [-0.1, -0.05) is 13.3 Å². The van der Waals surface area contributed by atoms with Gasteiger partial charge in [-0.25, -0.2) is 0 Å². The van der Waals surface area contributed by atoms with E-state index in [1.807, 2.05) is 6.92 Å². The normalized spacial score (nSPS) is 8.56. The van der Waals surface area contributed by atoms with Crippen LogP contribution in [0.4, 0.5) is 0 Å². The maximum absolute atomic E-state index is 11.0. The fourth-order valence-corrected chi connectivity index (χ4v) is 0.891. The van der Waals surface area contributed by atoms with E-state index in [-0.39, 0.29) is 22.9 Å². The van der Waals surface area contributed by atoms with Crippen molar-refractivity contribution in [1.82, 2.24) is 0 Å². The summed E-state index contributed by atoms with van der Waals surface area (Å²) in [6.45, 7) is 1.97. The van der Waals surface area contributed by atoms with Crippen molar-refractivity contribution in [2.45, 2.75) is 19.8 Å². The van der Waals surface area contributed by atoms with Crippen LogP contribution in [-0.2, 0) is 17.1 Å². The van der Waals surface area contributed by atoms with E-state index in [0.29, 0.717) is 12.0 Å². The molecule has 0 saturated carbocycles. The van der Waals surface area contributed by atoms with Gasteiger partial charge >= 0.3 is 17.1 Å². The predicted octanol–water partition coefficient (Wildman–Crippen LogP) is 2.19. The van der Waals surface area contributed by atoms with Gasteiger partial charge in [-0.05, 0) is 0 Å². The van der Waals surface area contributed by atoms with Crippen molar-refractivity contribution in [3.63, 3.8) is 0 Å². The summed E-state index contributed by atoms with van der Waals surface area (Å²) in [5.41, 5.74) is 0.488. The number of carbonyl (C=O) groups is 1. The molecule has 2 aromatic rings. The third-order valence-corrected chi connectivity index (χ3v) is 1.54. The van der Waals surface area contributed by atoms with Crippen LogP contribution in [0.15, 0.2) is 6.07 Å².